The maximum atomic E-state index is 11.5. The summed E-state index contributed by atoms with van der Waals surface area (Å²) in [4.78, 5) is 13.3. The average molecular weight is 263 g/mol. The minimum absolute atomic E-state index is 0.0258. The number of nitrogens with one attached hydrogen (secondary N) is 2. The number of hydrogen-bond acceptors (Lipinski definition) is 3. The van der Waals surface area contributed by atoms with E-state index in [-0.39, 0.29) is 18.2 Å². The highest BCUT2D eigenvalue weighted by atomic mass is 16.5. The summed E-state index contributed by atoms with van der Waals surface area (Å²) in [5, 5.41) is 6.17. The highest BCUT2D eigenvalue weighted by Gasteiger charge is 2.20. The Kier molecular flexibility index (Phi) is 4.27. The van der Waals surface area contributed by atoms with Crippen LogP contribution in [0.3, 0.4) is 0 Å². The van der Waals surface area contributed by atoms with Crippen molar-refractivity contribution in [1.82, 2.24) is 5.32 Å². The third kappa shape index (κ3) is 3.17. The van der Waals surface area contributed by atoms with E-state index in [0.29, 0.717) is 6.54 Å². The molecule has 0 bridgehead atoms. The van der Waals surface area contributed by atoms with Crippen LogP contribution in [0.1, 0.15) is 13.8 Å². The van der Waals surface area contributed by atoms with Gasteiger partial charge in [-0.15, -0.1) is 0 Å². The molecule has 0 radical (unpaired) electrons. The van der Waals surface area contributed by atoms with Gasteiger partial charge in [0.25, 0.3) is 0 Å². The zero-order valence-electron chi connectivity index (χ0n) is 11.6. The predicted molar refractivity (Wildman–Crippen MR) is 76.7 cm³/mol. The molecule has 1 aliphatic rings. The van der Waals surface area contributed by atoms with Gasteiger partial charge in [0, 0.05) is 37.6 Å². The van der Waals surface area contributed by atoms with E-state index in [1.807, 2.05) is 31.2 Å². The lowest BCUT2D eigenvalue weighted by Crippen LogP contribution is -2.30. The number of urea groups is 1. The summed E-state index contributed by atoms with van der Waals surface area (Å²) in [6.07, 6.45) is 0.143. The van der Waals surface area contributed by atoms with E-state index in [1.165, 1.54) is 0 Å². The molecule has 1 saturated heterocycles. The van der Waals surface area contributed by atoms with E-state index < -0.39 is 0 Å². The fraction of sp³-hybridized carbons (Fsp3) is 0.500. The molecule has 0 aromatic heterocycles. The Morgan fingerprint density at radius 1 is 1.32 bits per heavy atom. The molecular formula is C14H21N3O2. The molecule has 19 heavy (non-hydrogen) atoms. The van der Waals surface area contributed by atoms with E-state index >= 15 is 0 Å². The summed E-state index contributed by atoms with van der Waals surface area (Å²) in [7, 11) is 1.71. The highest BCUT2D eigenvalue weighted by Crippen LogP contribution is 2.20. The minimum Gasteiger partial charge on any atom is -0.380 e. The number of nitrogens with zero attached hydrogens (tertiary/aromatic N) is 1. The first kappa shape index (κ1) is 13.7. The Balaban J connectivity index is 2.00. The van der Waals surface area contributed by atoms with Crippen LogP contribution < -0.4 is 15.5 Å². The molecule has 1 aromatic carbocycles. The van der Waals surface area contributed by atoms with Crippen LogP contribution in [0.5, 0.6) is 0 Å². The first-order chi connectivity index (χ1) is 9.11. The molecule has 5 heteroatoms. The Morgan fingerprint density at radius 3 is 2.53 bits per heavy atom. The van der Waals surface area contributed by atoms with Gasteiger partial charge in [0.15, 0.2) is 0 Å². The van der Waals surface area contributed by atoms with Crippen LogP contribution in [-0.4, -0.2) is 38.4 Å². The van der Waals surface area contributed by atoms with Crippen molar-refractivity contribution < 1.29 is 9.53 Å². The van der Waals surface area contributed by atoms with Gasteiger partial charge in [-0.05, 0) is 38.1 Å². The summed E-state index contributed by atoms with van der Waals surface area (Å²) >= 11 is 0. The van der Waals surface area contributed by atoms with Gasteiger partial charge in [-0.2, -0.15) is 0 Å². The average Bonchev–Trinajstić information content (AvgIpc) is 2.85. The standard InChI is InChI=1S/C14H21N3O2/c1-10(11(2)19-3)16-12-4-6-13(7-5-12)17-9-8-15-14(17)18/h4-7,10-11,16H,8-9H2,1-3H3,(H,15,18). The van der Waals surface area contributed by atoms with Crippen molar-refractivity contribution in [2.75, 3.05) is 30.4 Å². The van der Waals surface area contributed by atoms with Crippen LogP contribution in [0.4, 0.5) is 16.2 Å². The Morgan fingerprint density at radius 2 is 2.00 bits per heavy atom. The summed E-state index contributed by atoms with van der Waals surface area (Å²) in [6.45, 7) is 5.54. The first-order valence-corrected chi connectivity index (χ1v) is 6.56. The zero-order chi connectivity index (χ0) is 13.8. The van der Waals surface area contributed by atoms with Crippen LogP contribution in [0.15, 0.2) is 24.3 Å². The van der Waals surface area contributed by atoms with Crippen molar-refractivity contribution in [3.8, 4) is 0 Å². The van der Waals surface area contributed by atoms with Crippen LogP contribution in [-0.2, 0) is 4.74 Å². The lowest BCUT2D eigenvalue weighted by atomic mass is 10.2. The number of amides is 2. The van der Waals surface area contributed by atoms with Crippen LogP contribution in [0.25, 0.3) is 0 Å². The Bertz CT molecular complexity index is 433. The fourth-order valence-electron chi connectivity index (χ4n) is 2.04. The molecule has 1 aromatic rings. The highest BCUT2D eigenvalue weighted by molar-refractivity contribution is 5.94. The van der Waals surface area contributed by atoms with Gasteiger partial charge in [0.1, 0.15) is 0 Å². The molecular weight excluding hydrogens is 242 g/mol. The lowest BCUT2D eigenvalue weighted by molar-refractivity contribution is 0.106. The minimum atomic E-state index is -0.0258. The molecule has 104 valence electrons. The topological polar surface area (TPSA) is 53.6 Å². The number of ether oxygens (including phenoxy) is 1. The van der Waals surface area contributed by atoms with E-state index in [9.17, 15) is 4.79 Å². The van der Waals surface area contributed by atoms with E-state index in [1.54, 1.807) is 12.0 Å². The summed E-state index contributed by atoms with van der Waals surface area (Å²) in [5.41, 5.74) is 1.95. The summed E-state index contributed by atoms with van der Waals surface area (Å²) in [5.74, 6) is 0. The largest absolute Gasteiger partial charge is 0.380 e. The molecule has 1 aliphatic heterocycles. The number of carbonyl (C=O) groups is 1. The fourth-order valence-corrected chi connectivity index (χ4v) is 2.04. The molecule has 1 fully saturated rings. The van der Waals surface area contributed by atoms with E-state index in [4.69, 9.17) is 4.74 Å². The monoisotopic (exact) mass is 263 g/mol. The zero-order valence-corrected chi connectivity index (χ0v) is 11.6. The second kappa shape index (κ2) is 5.93. The molecule has 0 spiro atoms. The van der Waals surface area contributed by atoms with Crippen molar-refractivity contribution in [1.29, 1.82) is 0 Å². The van der Waals surface area contributed by atoms with Crippen molar-refractivity contribution in [3.63, 3.8) is 0 Å². The molecule has 2 atom stereocenters. The third-order valence-electron chi connectivity index (χ3n) is 3.51. The van der Waals surface area contributed by atoms with E-state index in [0.717, 1.165) is 17.9 Å². The van der Waals surface area contributed by atoms with Gasteiger partial charge in [0.05, 0.1) is 6.10 Å². The smallest absolute Gasteiger partial charge is 0.321 e. The van der Waals surface area contributed by atoms with Gasteiger partial charge < -0.3 is 15.4 Å². The van der Waals surface area contributed by atoms with Crippen LogP contribution in [0.2, 0.25) is 0 Å². The molecule has 1 heterocycles. The number of rotatable bonds is 5. The number of hydrogen-bond donors (Lipinski definition) is 2. The second-order valence-corrected chi connectivity index (χ2v) is 4.80. The Labute approximate surface area is 113 Å². The normalized spacial score (nSPS) is 18.1. The molecule has 2 rings (SSSR count). The molecule has 0 aliphatic carbocycles. The first-order valence-electron chi connectivity index (χ1n) is 6.56. The maximum Gasteiger partial charge on any atom is 0.321 e. The van der Waals surface area contributed by atoms with Crippen molar-refractivity contribution in [2.24, 2.45) is 0 Å². The third-order valence-corrected chi connectivity index (χ3v) is 3.51. The van der Waals surface area contributed by atoms with E-state index in [2.05, 4.69) is 17.6 Å². The van der Waals surface area contributed by atoms with Gasteiger partial charge in [-0.25, -0.2) is 4.79 Å². The van der Waals surface area contributed by atoms with Gasteiger partial charge in [0.2, 0.25) is 0 Å². The van der Waals surface area contributed by atoms with Gasteiger partial charge >= 0.3 is 6.03 Å². The quantitative estimate of drug-likeness (QED) is 0.855. The maximum absolute atomic E-state index is 11.5. The molecule has 2 unspecified atom stereocenters. The van der Waals surface area contributed by atoms with Crippen LogP contribution >= 0.6 is 0 Å². The summed E-state index contributed by atoms with van der Waals surface area (Å²) in [6, 6.07) is 8.09. The molecule has 2 amide bonds. The number of anilines is 2. The number of methoxy groups -OCH3 is 1. The molecule has 5 nitrogen and oxygen atoms in total. The van der Waals surface area contributed by atoms with Crippen molar-refractivity contribution in [3.05, 3.63) is 24.3 Å². The SMILES string of the molecule is COC(C)C(C)Nc1ccc(N2CCNC2=O)cc1. The second-order valence-electron chi connectivity index (χ2n) is 4.80. The number of benzene rings is 1. The van der Waals surface area contributed by atoms with Crippen molar-refractivity contribution >= 4 is 17.4 Å². The van der Waals surface area contributed by atoms with Gasteiger partial charge in [-0.3, -0.25) is 4.90 Å². The number of carbonyl (C=O) groups excluding carboxylic acids is 1. The summed E-state index contributed by atoms with van der Waals surface area (Å²) < 4.78 is 5.28. The predicted octanol–water partition coefficient (Wildman–Crippen LogP) is 2.05. The van der Waals surface area contributed by atoms with Gasteiger partial charge in [-0.1, -0.05) is 0 Å². The Hall–Kier alpha value is -1.75. The van der Waals surface area contributed by atoms with Crippen molar-refractivity contribution in [2.45, 2.75) is 26.0 Å². The molecule has 2 N–H and O–H groups in total. The molecule has 0 saturated carbocycles. The lowest BCUT2D eigenvalue weighted by Gasteiger charge is -2.21. The van der Waals surface area contributed by atoms with Crippen LogP contribution in [0, 0.1) is 0 Å².